The molecule has 5 atom stereocenters. The Morgan fingerprint density at radius 1 is 1.12 bits per heavy atom. The maximum atomic E-state index is 11.9. The highest BCUT2D eigenvalue weighted by Crippen LogP contribution is 2.39. The van der Waals surface area contributed by atoms with E-state index in [9.17, 15) is 19.2 Å². The van der Waals surface area contributed by atoms with Gasteiger partial charge in [0.05, 0.1) is 6.33 Å². The number of amides is 1. The Morgan fingerprint density at radius 2 is 1.79 bits per heavy atom. The summed E-state index contributed by atoms with van der Waals surface area (Å²) in [6.07, 6.45) is -0.412. The van der Waals surface area contributed by atoms with Gasteiger partial charge in [0.25, 0.3) is 0 Å². The lowest BCUT2D eigenvalue weighted by molar-refractivity contribution is -0.165. The predicted octanol–water partition coefficient (Wildman–Crippen LogP) is 1.42. The molecule has 12 nitrogen and oxygen atoms in total. The Bertz CT molecular complexity index is 1070. The maximum Gasteiger partial charge on any atom is 0.303 e. The van der Waals surface area contributed by atoms with Gasteiger partial charge in [0, 0.05) is 26.7 Å². The first kappa shape index (κ1) is 24.6. The second-order valence-corrected chi connectivity index (χ2v) is 8.06. The van der Waals surface area contributed by atoms with Gasteiger partial charge < -0.3 is 19.5 Å². The van der Waals surface area contributed by atoms with Gasteiger partial charge in [-0.1, -0.05) is 6.92 Å². The van der Waals surface area contributed by atoms with Crippen molar-refractivity contribution in [3.8, 4) is 0 Å². The van der Waals surface area contributed by atoms with Gasteiger partial charge in [-0.25, -0.2) is 15.0 Å². The van der Waals surface area contributed by atoms with Crippen molar-refractivity contribution in [3.63, 3.8) is 0 Å². The van der Waals surface area contributed by atoms with Crippen molar-refractivity contribution in [3.05, 3.63) is 12.7 Å². The van der Waals surface area contributed by atoms with Crippen LogP contribution in [0.1, 0.15) is 46.8 Å². The highest BCUT2D eigenvalue weighted by molar-refractivity contribution is 7.96. The first-order valence-electron chi connectivity index (χ1n) is 10.3. The molecule has 0 saturated carbocycles. The molecule has 3 heterocycles. The van der Waals surface area contributed by atoms with E-state index in [4.69, 9.17) is 14.2 Å². The lowest BCUT2D eigenvalue weighted by Crippen LogP contribution is -2.39. The Labute approximate surface area is 194 Å². The highest BCUT2D eigenvalue weighted by Gasteiger charge is 2.51. The third-order valence-corrected chi connectivity index (χ3v) is 5.54. The van der Waals surface area contributed by atoms with E-state index >= 15 is 0 Å². The number of anilines is 1. The van der Waals surface area contributed by atoms with Crippen molar-refractivity contribution < 1.29 is 33.4 Å². The highest BCUT2D eigenvalue weighted by atomic mass is 32.1. The topological polar surface area (TPSA) is 152 Å². The molecule has 5 unspecified atom stereocenters. The zero-order valence-electron chi connectivity index (χ0n) is 18.5. The monoisotopic (exact) mass is 479 g/mol. The molecule has 0 spiro atoms. The summed E-state index contributed by atoms with van der Waals surface area (Å²) < 4.78 is 18.7. The Kier molecular flexibility index (Phi) is 7.64. The first-order valence-corrected chi connectivity index (χ1v) is 10.7. The van der Waals surface area contributed by atoms with E-state index in [0.717, 1.165) is 0 Å². The molecular weight excluding hydrogens is 454 g/mol. The summed E-state index contributed by atoms with van der Waals surface area (Å²) in [5, 5.41) is 2.25. The Morgan fingerprint density at radius 3 is 2.36 bits per heavy atom. The van der Waals surface area contributed by atoms with E-state index in [1.165, 1.54) is 38.0 Å². The molecule has 1 amide bonds. The van der Waals surface area contributed by atoms with Crippen molar-refractivity contribution in [2.75, 3.05) is 5.32 Å². The van der Waals surface area contributed by atoms with Gasteiger partial charge in [-0.2, -0.15) is 0 Å². The van der Waals surface area contributed by atoms with Crippen LogP contribution in [0.25, 0.3) is 11.2 Å². The smallest absolute Gasteiger partial charge is 0.303 e. The number of carbonyl (C=O) groups is 4. The van der Waals surface area contributed by atoms with E-state index in [2.05, 4.69) is 32.9 Å². The summed E-state index contributed by atoms with van der Waals surface area (Å²) in [5.41, 5.74) is 0.595. The summed E-state index contributed by atoms with van der Waals surface area (Å²) in [7, 11) is 0. The van der Waals surface area contributed by atoms with Crippen molar-refractivity contribution in [1.82, 2.24) is 19.5 Å². The van der Waals surface area contributed by atoms with Crippen molar-refractivity contribution >= 4 is 52.6 Å². The lowest BCUT2D eigenvalue weighted by Gasteiger charge is -2.24. The average molecular weight is 480 g/mol. The van der Waals surface area contributed by atoms with Crippen LogP contribution in [-0.4, -0.2) is 60.8 Å². The fourth-order valence-electron chi connectivity index (χ4n) is 3.79. The third kappa shape index (κ3) is 5.47. The second kappa shape index (κ2) is 10.3. The Balaban J connectivity index is 2.05. The molecule has 0 bridgehead atoms. The quantitative estimate of drug-likeness (QED) is 0.420. The molecule has 1 N–H and O–H groups in total. The van der Waals surface area contributed by atoms with Crippen LogP contribution in [-0.2, 0) is 33.4 Å². The molecule has 0 aromatic carbocycles. The molecule has 1 saturated heterocycles. The average Bonchev–Trinajstić information content (AvgIpc) is 3.27. The normalized spacial score (nSPS) is 23.2. The number of imidazole rings is 1. The molecular formula is C20H25N5O7S. The number of carbonyl (C=O) groups excluding carboxylic acids is 4. The number of hydrogen-bond donors (Lipinski definition) is 2. The van der Waals surface area contributed by atoms with E-state index in [1.807, 2.05) is 6.92 Å². The van der Waals surface area contributed by atoms with Gasteiger partial charge in [0.15, 0.2) is 40.5 Å². The molecule has 13 heteroatoms. The standard InChI is InChI=1S/C20H25N5O7S/c1-5-12(20(29)33)6-13-15(30-10(3)27)16(31-11(4)28)19(32-13)25-8-23-14-17(24-9(2)26)21-7-22-18(14)25/h7-8,12-13,15-16,19H,5-6H2,1-4H3,(H,29,33)(H,21,22,24,26). The van der Waals surface area contributed by atoms with E-state index in [0.29, 0.717) is 17.6 Å². The number of ether oxygens (including phenoxy) is 3. The van der Waals surface area contributed by atoms with Crippen LogP contribution in [0.4, 0.5) is 5.82 Å². The number of nitrogens with zero attached hydrogens (tertiary/aromatic N) is 4. The first-order chi connectivity index (χ1) is 15.6. The number of aromatic nitrogens is 4. The van der Waals surface area contributed by atoms with Crippen LogP contribution in [0, 0.1) is 5.92 Å². The molecule has 1 aliphatic rings. The predicted molar refractivity (Wildman–Crippen MR) is 117 cm³/mol. The van der Waals surface area contributed by atoms with Gasteiger partial charge in [-0.3, -0.25) is 23.7 Å². The fourth-order valence-corrected chi connectivity index (χ4v) is 4.08. The minimum atomic E-state index is -1.04. The minimum absolute atomic E-state index is 0.198. The molecule has 33 heavy (non-hydrogen) atoms. The molecule has 3 rings (SSSR count). The van der Waals surface area contributed by atoms with Crippen molar-refractivity contribution in [2.24, 2.45) is 5.92 Å². The van der Waals surface area contributed by atoms with Crippen LogP contribution in [0.3, 0.4) is 0 Å². The number of rotatable bonds is 8. The lowest BCUT2D eigenvalue weighted by atomic mass is 9.96. The summed E-state index contributed by atoms with van der Waals surface area (Å²) in [4.78, 5) is 59.7. The zero-order valence-corrected chi connectivity index (χ0v) is 19.4. The molecule has 178 valence electrons. The third-order valence-electron chi connectivity index (χ3n) is 5.18. The molecule has 2 aromatic heterocycles. The van der Waals surface area contributed by atoms with Crippen LogP contribution in [0.2, 0.25) is 0 Å². The van der Waals surface area contributed by atoms with Gasteiger partial charge in [0.2, 0.25) is 5.91 Å². The van der Waals surface area contributed by atoms with Crippen molar-refractivity contribution in [1.29, 1.82) is 0 Å². The van der Waals surface area contributed by atoms with Gasteiger partial charge >= 0.3 is 11.9 Å². The molecule has 1 aliphatic heterocycles. The van der Waals surface area contributed by atoms with Gasteiger partial charge in [0.1, 0.15) is 12.4 Å². The molecule has 2 aromatic rings. The fraction of sp³-hybridized carbons (Fsp3) is 0.550. The summed E-state index contributed by atoms with van der Waals surface area (Å²) >= 11 is 3.94. The molecule has 0 aliphatic carbocycles. The second-order valence-electron chi connectivity index (χ2n) is 7.62. The molecule has 0 radical (unpaired) electrons. The number of thiol groups is 1. The largest absolute Gasteiger partial charge is 0.456 e. The van der Waals surface area contributed by atoms with Crippen LogP contribution < -0.4 is 5.32 Å². The summed E-state index contributed by atoms with van der Waals surface area (Å²) in [6.45, 7) is 5.63. The van der Waals surface area contributed by atoms with Crippen molar-refractivity contribution in [2.45, 2.75) is 65.1 Å². The molecule has 1 fully saturated rings. The number of esters is 2. The van der Waals surface area contributed by atoms with Crippen LogP contribution in [0.15, 0.2) is 12.7 Å². The minimum Gasteiger partial charge on any atom is -0.456 e. The van der Waals surface area contributed by atoms with Gasteiger partial charge in [-0.05, 0) is 12.8 Å². The summed E-state index contributed by atoms with van der Waals surface area (Å²) in [5.74, 6) is -1.80. The number of nitrogens with one attached hydrogen (secondary N) is 1. The van der Waals surface area contributed by atoms with E-state index < -0.39 is 42.4 Å². The van der Waals surface area contributed by atoms with Crippen LogP contribution in [0.5, 0.6) is 0 Å². The van der Waals surface area contributed by atoms with E-state index in [1.54, 1.807) is 0 Å². The summed E-state index contributed by atoms with van der Waals surface area (Å²) in [6, 6.07) is 0. The number of fused-ring (bicyclic) bond motifs is 1. The zero-order chi connectivity index (χ0) is 24.3. The Hall–Kier alpha value is -3.06. The number of hydrogen-bond acceptors (Lipinski definition) is 10. The van der Waals surface area contributed by atoms with Gasteiger partial charge in [-0.15, -0.1) is 12.6 Å². The SMILES string of the molecule is CCC(CC1OC(n2cnc3c(NC(C)=O)ncnc32)C(OC(C)=O)C1OC(C)=O)C(=O)S. The van der Waals surface area contributed by atoms with E-state index in [-0.39, 0.29) is 23.3 Å². The maximum absolute atomic E-state index is 11.9. The van der Waals surface area contributed by atoms with Crippen LogP contribution >= 0.6 is 12.6 Å².